The van der Waals surface area contributed by atoms with Crippen LogP contribution < -0.4 is 10.5 Å². The highest BCUT2D eigenvalue weighted by molar-refractivity contribution is 6.27. The molecule has 7 nitrogen and oxygen atoms in total. The largest absolute Gasteiger partial charge is 0.493 e. The van der Waals surface area contributed by atoms with Crippen molar-refractivity contribution in [2.24, 2.45) is 5.73 Å². The van der Waals surface area contributed by atoms with Crippen LogP contribution in [0.4, 0.5) is 0 Å². The monoisotopic (exact) mass is 269 g/mol. The second kappa shape index (κ2) is 8.51. The van der Waals surface area contributed by atoms with Gasteiger partial charge >= 0.3 is 11.9 Å². The van der Waals surface area contributed by atoms with Crippen molar-refractivity contribution >= 4 is 17.8 Å². The molecule has 0 fully saturated rings. The van der Waals surface area contributed by atoms with Gasteiger partial charge in [-0.2, -0.15) is 0 Å². The molecular weight excluding hydrogens is 254 g/mol. The molecular formula is C12H15NO6. The summed E-state index contributed by atoms with van der Waals surface area (Å²) in [5.74, 6) is -3.53. The molecule has 4 N–H and O–H groups in total. The zero-order valence-electron chi connectivity index (χ0n) is 10.3. The van der Waals surface area contributed by atoms with Gasteiger partial charge in [-0.25, -0.2) is 9.59 Å². The van der Waals surface area contributed by atoms with Gasteiger partial charge in [0.2, 0.25) is 0 Å². The summed E-state index contributed by atoms with van der Waals surface area (Å²) in [6.45, 7) is 2.61. The average Bonchev–Trinajstić information content (AvgIpc) is 2.37. The summed E-state index contributed by atoms with van der Waals surface area (Å²) in [7, 11) is 0. The number of carboxylic acid groups (broad SMARTS) is 2. The first-order valence-electron chi connectivity index (χ1n) is 5.38. The van der Waals surface area contributed by atoms with Crippen LogP contribution in [0.3, 0.4) is 0 Å². The molecule has 1 amide bonds. The summed E-state index contributed by atoms with van der Waals surface area (Å²) in [5, 5.41) is 14.8. The highest BCUT2D eigenvalue weighted by Gasteiger charge is 2.06. The number of rotatable bonds is 4. The molecule has 0 radical (unpaired) electrons. The third-order valence-electron chi connectivity index (χ3n) is 1.80. The number of carbonyl (C=O) groups is 3. The Balaban J connectivity index is 0.000000459. The first kappa shape index (κ1) is 16.4. The molecule has 0 aliphatic rings. The van der Waals surface area contributed by atoms with Crippen LogP contribution in [0.15, 0.2) is 24.3 Å². The second-order valence-electron chi connectivity index (χ2n) is 3.32. The molecule has 0 atom stereocenters. The van der Waals surface area contributed by atoms with Gasteiger partial charge in [0, 0.05) is 0 Å². The number of carbonyl (C=O) groups excluding carboxylic acids is 1. The molecule has 7 heteroatoms. The summed E-state index contributed by atoms with van der Waals surface area (Å²) >= 11 is 0. The van der Waals surface area contributed by atoms with E-state index in [2.05, 4.69) is 0 Å². The van der Waals surface area contributed by atoms with E-state index in [0.717, 1.165) is 6.42 Å². The van der Waals surface area contributed by atoms with Crippen LogP contribution in [0.2, 0.25) is 0 Å². The highest BCUT2D eigenvalue weighted by Crippen LogP contribution is 2.16. The molecule has 0 aliphatic heterocycles. The first-order chi connectivity index (χ1) is 8.90. The zero-order valence-corrected chi connectivity index (χ0v) is 10.3. The molecule has 0 bridgehead atoms. The molecule has 0 aliphatic carbocycles. The smallest absolute Gasteiger partial charge is 0.414 e. The van der Waals surface area contributed by atoms with Crippen molar-refractivity contribution in [1.82, 2.24) is 0 Å². The van der Waals surface area contributed by atoms with E-state index in [9.17, 15) is 4.79 Å². The Morgan fingerprint density at radius 2 is 1.68 bits per heavy atom. The molecule has 0 saturated heterocycles. The maximum atomic E-state index is 10.9. The van der Waals surface area contributed by atoms with Crippen LogP contribution in [-0.4, -0.2) is 34.7 Å². The Labute approximate surface area is 109 Å². The van der Waals surface area contributed by atoms with E-state index in [4.69, 9.17) is 30.3 Å². The summed E-state index contributed by atoms with van der Waals surface area (Å²) in [4.78, 5) is 29.1. The van der Waals surface area contributed by atoms with Crippen LogP contribution in [0.1, 0.15) is 23.7 Å². The number of para-hydroxylation sites is 1. The lowest BCUT2D eigenvalue weighted by Crippen LogP contribution is -2.13. The summed E-state index contributed by atoms with van der Waals surface area (Å²) in [5.41, 5.74) is 5.61. The molecule has 0 heterocycles. The van der Waals surface area contributed by atoms with E-state index in [1.54, 1.807) is 18.2 Å². The summed E-state index contributed by atoms with van der Waals surface area (Å²) in [6.07, 6.45) is 0.910. The number of ether oxygens (including phenoxy) is 1. The van der Waals surface area contributed by atoms with Gasteiger partial charge in [-0.05, 0) is 18.6 Å². The van der Waals surface area contributed by atoms with Gasteiger partial charge in [0.15, 0.2) is 0 Å². The lowest BCUT2D eigenvalue weighted by atomic mass is 10.2. The summed E-state index contributed by atoms with van der Waals surface area (Å²) < 4.78 is 5.35. The molecule has 0 unspecified atom stereocenters. The van der Waals surface area contributed by atoms with E-state index in [1.165, 1.54) is 0 Å². The maximum absolute atomic E-state index is 10.9. The molecule has 104 valence electrons. The van der Waals surface area contributed by atoms with Crippen molar-refractivity contribution in [2.75, 3.05) is 6.61 Å². The minimum atomic E-state index is -1.82. The van der Waals surface area contributed by atoms with Crippen molar-refractivity contribution < 1.29 is 29.3 Å². The van der Waals surface area contributed by atoms with Crippen molar-refractivity contribution in [3.8, 4) is 5.75 Å². The van der Waals surface area contributed by atoms with E-state index in [1.807, 2.05) is 13.0 Å². The molecule has 1 aromatic carbocycles. The maximum Gasteiger partial charge on any atom is 0.414 e. The molecule has 1 aromatic rings. The topological polar surface area (TPSA) is 127 Å². The number of benzene rings is 1. The second-order valence-corrected chi connectivity index (χ2v) is 3.32. The first-order valence-corrected chi connectivity index (χ1v) is 5.38. The number of nitrogens with two attached hydrogens (primary N) is 1. The average molecular weight is 269 g/mol. The fourth-order valence-electron chi connectivity index (χ4n) is 1.01. The number of primary amides is 1. The predicted octanol–water partition coefficient (Wildman–Crippen LogP) is 0.730. The standard InChI is InChI=1S/C10H13NO2.C2H2O4/c1-2-7-13-9-6-4-3-5-8(9)10(11)12;3-1(4)2(5)6/h3-6H,2,7H2,1H3,(H2,11,12);(H,3,4)(H,5,6). The van der Waals surface area contributed by atoms with Gasteiger partial charge in [-0.1, -0.05) is 19.1 Å². The number of hydrogen-bond donors (Lipinski definition) is 3. The van der Waals surface area contributed by atoms with Crippen molar-refractivity contribution in [3.05, 3.63) is 29.8 Å². The highest BCUT2D eigenvalue weighted by atomic mass is 16.5. The zero-order chi connectivity index (χ0) is 14.8. The van der Waals surface area contributed by atoms with E-state index < -0.39 is 17.8 Å². The van der Waals surface area contributed by atoms with Crippen LogP contribution in [0.5, 0.6) is 5.75 Å². The van der Waals surface area contributed by atoms with Crippen LogP contribution in [0, 0.1) is 0 Å². The SMILES string of the molecule is CCCOc1ccccc1C(N)=O.O=C(O)C(=O)O. The molecule has 0 saturated carbocycles. The quantitative estimate of drug-likeness (QED) is 0.691. The summed E-state index contributed by atoms with van der Waals surface area (Å²) in [6, 6.07) is 6.99. The van der Waals surface area contributed by atoms with Crippen LogP contribution in [0.25, 0.3) is 0 Å². The molecule has 0 spiro atoms. The predicted molar refractivity (Wildman–Crippen MR) is 66.0 cm³/mol. The minimum Gasteiger partial charge on any atom is -0.493 e. The number of carboxylic acids is 2. The van der Waals surface area contributed by atoms with Gasteiger partial charge in [-0.3, -0.25) is 4.79 Å². The number of aliphatic carboxylic acids is 2. The molecule has 0 aromatic heterocycles. The van der Waals surface area contributed by atoms with Gasteiger partial charge in [0.25, 0.3) is 5.91 Å². The van der Waals surface area contributed by atoms with Crippen molar-refractivity contribution in [3.63, 3.8) is 0 Å². The lowest BCUT2D eigenvalue weighted by Gasteiger charge is -2.07. The number of hydrogen-bond acceptors (Lipinski definition) is 4. The van der Waals surface area contributed by atoms with Crippen molar-refractivity contribution in [2.45, 2.75) is 13.3 Å². The number of amides is 1. The van der Waals surface area contributed by atoms with Gasteiger partial charge in [-0.15, -0.1) is 0 Å². The van der Waals surface area contributed by atoms with Gasteiger partial charge in [0.1, 0.15) is 5.75 Å². The van der Waals surface area contributed by atoms with E-state index in [-0.39, 0.29) is 0 Å². The third kappa shape index (κ3) is 6.67. The van der Waals surface area contributed by atoms with E-state index >= 15 is 0 Å². The fourth-order valence-corrected chi connectivity index (χ4v) is 1.01. The Morgan fingerprint density at radius 1 is 1.16 bits per heavy atom. The lowest BCUT2D eigenvalue weighted by molar-refractivity contribution is -0.159. The minimum absolute atomic E-state index is 0.441. The van der Waals surface area contributed by atoms with Gasteiger partial charge in [0.05, 0.1) is 12.2 Å². The third-order valence-corrected chi connectivity index (χ3v) is 1.80. The van der Waals surface area contributed by atoms with E-state index in [0.29, 0.717) is 17.9 Å². The Morgan fingerprint density at radius 3 is 2.11 bits per heavy atom. The Kier molecular flexibility index (Phi) is 7.36. The van der Waals surface area contributed by atoms with Crippen molar-refractivity contribution in [1.29, 1.82) is 0 Å². The van der Waals surface area contributed by atoms with Gasteiger partial charge < -0.3 is 20.7 Å². The Bertz CT molecular complexity index is 445. The fraction of sp³-hybridized carbons (Fsp3) is 0.250. The van der Waals surface area contributed by atoms with Crippen LogP contribution >= 0.6 is 0 Å². The Hall–Kier alpha value is -2.57. The normalized spacial score (nSPS) is 8.89. The molecule has 19 heavy (non-hydrogen) atoms. The molecule has 1 rings (SSSR count). The van der Waals surface area contributed by atoms with Crippen LogP contribution in [-0.2, 0) is 9.59 Å².